The van der Waals surface area contributed by atoms with Gasteiger partial charge in [-0.05, 0) is 49.4 Å². The second-order valence-electron chi connectivity index (χ2n) is 26.7. The molecule has 0 heterocycles. The van der Waals surface area contributed by atoms with Gasteiger partial charge in [0.2, 0.25) is 0 Å². The summed E-state index contributed by atoms with van der Waals surface area (Å²) in [5, 5.41) is 10.6. The molecule has 0 saturated carbocycles. The second kappa shape index (κ2) is 59.8. The summed E-state index contributed by atoms with van der Waals surface area (Å²) >= 11 is 0. The van der Waals surface area contributed by atoms with Crippen LogP contribution in [-0.2, 0) is 65.4 Å². The Morgan fingerprint density at radius 2 is 0.539 bits per heavy atom. The van der Waals surface area contributed by atoms with Crippen molar-refractivity contribution in [2.45, 2.75) is 363 Å². The Labute approximate surface area is 543 Å². The number of aliphatic hydroxyl groups is 1. The lowest BCUT2D eigenvalue weighted by Crippen LogP contribution is -2.30. The van der Waals surface area contributed by atoms with Crippen LogP contribution in [0, 0.1) is 23.7 Å². The summed E-state index contributed by atoms with van der Waals surface area (Å²) in [6.45, 7) is 14.1. The molecular formula is C70H136O17P2. The number of esters is 4. The molecular weight excluding hydrogens is 1170 g/mol. The van der Waals surface area contributed by atoms with Gasteiger partial charge < -0.3 is 33.8 Å². The molecule has 528 valence electrons. The Kier molecular flexibility index (Phi) is 58.5. The Balaban J connectivity index is 5.24. The first-order valence-corrected chi connectivity index (χ1v) is 39.3. The van der Waals surface area contributed by atoms with Crippen molar-refractivity contribution in [2.24, 2.45) is 23.7 Å². The fraction of sp³-hybridized carbons (Fsp3) is 0.943. The van der Waals surface area contributed by atoms with Crippen LogP contribution in [0.4, 0.5) is 0 Å². The van der Waals surface area contributed by atoms with Gasteiger partial charge in [0, 0.05) is 25.7 Å². The summed E-state index contributed by atoms with van der Waals surface area (Å²) in [7, 11) is -9.90. The predicted molar refractivity (Wildman–Crippen MR) is 358 cm³/mol. The maximum absolute atomic E-state index is 13.0. The molecule has 0 bridgehead atoms. The highest BCUT2D eigenvalue weighted by atomic mass is 31.2. The Morgan fingerprint density at radius 3 is 0.798 bits per heavy atom. The summed E-state index contributed by atoms with van der Waals surface area (Å²) in [6.07, 6.45) is 41.7. The number of hydrogen-bond acceptors (Lipinski definition) is 15. The number of ether oxygens (including phenoxy) is 4. The minimum Gasteiger partial charge on any atom is -0.462 e. The SMILES string of the molecule is CCC(C)CCCCCCCCC(=O)OC[C@H](COP(=O)(O)OC[C@H](O)COP(=O)(O)OC[C@@H](COC(=O)CCCCCCCCCCCCCCCC(C)C)OC(=O)CCCCCCCCCCCCC(C)C)OC(=O)CCCCCCCCC(C)CC. The molecule has 0 rings (SSSR count). The first kappa shape index (κ1) is 87.1. The first-order valence-electron chi connectivity index (χ1n) is 36.3. The molecule has 0 spiro atoms. The van der Waals surface area contributed by atoms with Gasteiger partial charge in [0.05, 0.1) is 26.4 Å². The van der Waals surface area contributed by atoms with Crippen molar-refractivity contribution < 1.29 is 80.2 Å². The normalized spacial score (nSPS) is 14.9. The molecule has 0 amide bonds. The van der Waals surface area contributed by atoms with Crippen molar-refractivity contribution in [3.63, 3.8) is 0 Å². The maximum atomic E-state index is 13.0. The minimum absolute atomic E-state index is 0.102. The van der Waals surface area contributed by atoms with Crippen LogP contribution in [0.15, 0.2) is 0 Å². The molecule has 3 N–H and O–H groups in total. The van der Waals surface area contributed by atoms with E-state index in [1.165, 1.54) is 141 Å². The quantitative estimate of drug-likeness (QED) is 0.0222. The number of unbranched alkanes of at least 4 members (excludes halogenated alkanes) is 31. The molecule has 89 heavy (non-hydrogen) atoms. The molecule has 0 aliphatic carbocycles. The molecule has 0 fully saturated rings. The van der Waals surface area contributed by atoms with E-state index in [0.717, 1.165) is 120 Å². The van der Waals surface area contributed by atoms with Crippen molar-refractivity contribution >= 4 is 39.5 Å². The number of phosphoric ester groups is 2. The van der Waals surface area contributed by atoms with Crippen LogP contribution in [-0.4, -0.2) is 96.7 Å². The number of hydrogen-bond donors (Lipinski definition) is 3. The van der Waals surface area contributed by atoms with E-state index in [2.05, 4.69) is 55.4 Å². The van der Waals surface area contributed by atoms with Crippen molar-refractivity contribution in [3.8, 4) is 0 Å². The van der Waals surface area contributed by atoms with E-state index < -0.39 is 97.5 Å². The third kappa shape index (κ3) is 62.0. The molecule has 0 saturated heterocycles. The van der Waals surface area contributed by atoms with Crippen LogP contribution < -0.4 is 0 Å². The number of carbonyl (C=O) groups is 4. The zero-order valence-corrected chi connectivity index (χ0v) is 59.8. The number of rotatable bonds is 67. The molecule has 17 nitrogen and oxygen atoms in total. The monoisotopic (exact) mass is 1310 g/mol. The van der Waals surface area contributed by atoms with Crippen LogP contribution >= 0.6 is 15.6 Å². The lowest BCUT2D eigenvalue weighted by Gasteiger charge is -2.21. The Hall–Kier alpha value is -1.94. The molecule has 7 atom stereocenters. The van der Waals surface area contributed by atoms with Gasteiger partial charge in [-0.1, -0.05) is 293 Å². The third-order valence-electron chi connectivity index (χ3n) is 16.8. The summed E-state index contributed by atoms with van der Waals surface area (Å²) in [5.74, 6) is 0.861. The molecule has 0 aliphatic heterocycles. The molecule has 0 aromatic carbocycles. The predicted octanol–water partition coefficient (Wildman–Crippen LogP) is 19.7. The highest BCUT2D eigenvalue weighted by Gasteiger charge is 2.30. The highest BCUT2D eigenvalue weighted by Crippen LogP contribution is 2.45. The van der Waals surface area contributed by atoms with Crippen molar-refractivity contribution in [1.82, 2.24) is 0 Å². The van der Waals surface area contributed by atoms with Crippen LogP contribution in [0.25, 0.3) is 0 Å². The molecule has 0 radical (unpaired) electrons. The van der Waals surface area contributed by atoms with E-state index in [0.29, 0.717) is 25.7 Å². The van der Waals surface area contributed by atoms with Gasteiger partial charge in [-0.25, -0.2) is 9.13 Å². The maximum Gasteiger partial charge on any atom is 0.472 e. The zero-order chi connectivity index (χ0) is 66.1. The van der Waals surface area contributed by atoms with Gasteiger partial charge >= 0.3 is 39.5 Å². The Bertz CT molecular complexity index is 1770. The van der Waals surface area contributed by atoms with Gasteiger partial charge in [-0.15, -0.1) is 0 Å². The first-order chi connectivity index (χ1) is 42.7. The second-order valence-corrected chi connectivity index (χ2v) is 29.6. The van der Waals surface area contributed by atoms with Crippen LogP contribution in [0.1, 0.15) is 344 Å². The van der Waals surface area contributed by atoms with Gasteiger partial charge in [-0.2, -0.15) is 0 Å². The molecule has 0 aliphatic rings. The van der Waals surface area contributed by atoms with E-state index in [4.69, 9.17) is 37.0 Å². The minimum atomic E-state index is -4.95. The fourth-order valence-electron chi connectivity index (χ4n) is 10.4. The summed E-state index contributed by atoms with van der Waals surface area (Å²) in [4.78, 5) is 72.5. The molecule has 0 aromatic heterocycles. The van der Waals surface area contributed by atoms with E-state index in [-0.39, 0.29) is 25.7 Å². The average molecular weight is 1310 g/mol. The van der Waals surface area contributed by atoms with E-state index in [1.54, 1.807) is 0 Å². The van der Waals surface area contributed by atoms with Crippen LogP contribution in [0.5, 0.6) is 0 Å². The largest absolute Gasteiger partial charge is 0.472 e. The summed E-state index contributed by atoms with van der Waals surface area (Å²) in [6, 6.07) is 0. The van der Waals surface area contributed by atoms with Crippen LogP contribution in [0.3, 0.4) is 0 Å². The lowest BCUT2D eigenvalue weighted by molar-refractivity contribution is -0.161. The van der Waals surface area contributed by atoms with E-state index in [1.807, 2.05) is 0 Å². The summed E-state index contributed by atoms with van der Waals surface area (Å²) in [5.41, 5.74) is 0. The van der Waals surface area contributed by atoms with E-state index in [9.17, 15) is 43.2 Å². The van der Waals surface area contributed by atoms with E-state index >= 15 is 0 Å². The fourth-order valence-corrected chi connectivity index (χ4v) is 12.0. The molecule has 4 unspecified atom stereocenters. The van der Waals surface area contributed by atoms with Crippen LogP contribution in [0.2, 0.25) is 0 Å². The lowest BCUT2D eigenvalue weighted by atomic mass is 10.00. The Morgan fingerprint density at radius 1 is 0.315 bits per heavy atom. The van der Waals surface area contributed by atoms with Gasteiger partial charge in [-0.3, -0.25) is 37.3 Å². The third-order valence-corrected chi connectivity index (χ3v) is 18.7. The van der Waals surface area contributed by atoms with Gasteiger partial charge in [0.25, 0.3) is 0 Å². The smallest absolute Gasteiger partial charge is 0.462 e. The van der Waals surface area contributed by atoms with Crippen molar-refractivity contribution in [3.05, 3.63) is 0 Å². The van der Waals surface area contributed by atoms with Crippen molar-refractivity contribution in [2.75, 3.05) is 39.6 Å². The zero-order valence-electron chi connectivity index (χ0n) is 58.1. The van der Waals surface area contributed by atoms with Crippen molar-refractivity contribution in [1.29, 1.82) is 0 Å². The van der Waals surface area contributed by atoms with Gasteiger partial charge in [0.15, 0.2) is 12.2 Å². The molecule has 19 heteroatoms. The number of aliphatic hydroxyl groups excluding tert-OH is 1. The summed E-state index contributed by atoms with van der Waals surface area (Å²) < 4.78 is 68.3. The van der Waals surface area contributed by atoms with Gasteiger partial charge in [0.1, 0.15) is 19.3 Å². The standard InChI is InChI=1S/C70H136O17P2/c1-9-62(7)48-40-32-26-28-35-43-51-68(73)81-57-66(87-70(75)53-45-37-29-27-33-41-49-63(8)10-2)59-85-89(78,79)83-55-64(71)54-82-88(76,77)84-58-65(86-69(74)52-44-36-25-21-17-16-19-23-31-39-47-61(5)6)56-80-67(72)50-42-34-24-20-15-13-11-12-14-18-22-30-38-46-60(3)4/h60-66,71H,9-59H2,1-8H3,(H,76,77)(H,78,79)/t62?,63?,64-,65-,66-/m1/s1. The topological polar surface area (TPSA) is 237 Å². The number of carbonyl (C=O) groups excluding carboxylic acids is 4. The number of phosphoric acid groups is 2. The average Bonchev–Trinajstić information content (AvgIpc) is 3.59. The molecule has 0 aromatic rings. The highest BCUT2D eigenvalue weighted by molar-refractivity contribution is 7.47.